The molecule has 2 aliphatic heterocycles. The standard InChI is InChI=1S/C13H21N3O3/c1-10(17)15-6-2-11(3-7-15)13(19)16-8-4-12(18)14-5-9-16/h11H,2-9H2,1H3,(H,14,18). The zero-order chi connectivity index (χ0) is 13.8. The van der Waals surface area contributed by atoms with Gasteiger partial charge in [-0.1, -0.05) is 0 Å². The van der Waals surface area contributed by atoms with Crippen LogP contribution in [-0.2, 0) is 14.4 Å². The normalized spacial score (nSPS) is 21.8. The van der Waals surface area contributed by atoms with Crippen LogP contribution in [0, 0.1) is 5.92 Å². The molecule has 0 unspecified atom stereocenters. The summed E-state index contributed by atoms with van der Waals surface area (Å²) in [6.45, 7) is 4.54. The van der Waals surface area contributed by atoms with Gasteiger partial charge in [0.25, 0.3) is 0 Å². The number of carbonyl (C=O) groups excluding carboxylic acids is 3. The van der Waals surface area contributed by atoms with Crippen LogP contribution in [0.25, 0.3) is 0 Å². The van der Waals surface area contributed by atoms with Crippen molar-refractivity contribution in [1.29, 1.82) is 0 Å². The number of amides is 3. The van der Waals surface area contributed by atoms with E-state index in [1.165, 1.54) is 0 Å². The van der Waals surface area contributed by atoms with Gasteiger partial charge in [0.15, 0.2) is 0 Å². The molecule has 1 N–H and O–H groups in total. The van der Waals surface area contributed by atoms with Crippen LogP contribution in [0.2, 0.25) is 0 Å². The fourth-order valence-corrected chi connectivity index (χ4v) is 2.69. The van der Waals surface area contributed by atoms with E-state index in [4.69, 9.17) is 0 Å². The summed E-state index contributed by atoms with van der Waals surface area (Å²) in [6.07, 6.45) is 1.85. The lowest BCUT2D eigenvalue weighted by molar-refractivity contribution is -0.140. The van der Waals surface area contributed by atoms with E-state index < -0.39 is 0 Å². The first-order chi connectivity index (χ1) is 9.08. The third-order valence-electron chi connectivity index (χ3n) is 3.91. The molecule has 0 radical (unpaired) electrons. The summed E-state index contributed by atoms with van der Waals surface area (Å²) in [5.74, 6) is 0.237. The number of hydrogen-bond acceptors (Lipinski definition) is 3. The molecule has 0 aromatic heterocycles. The third kappa shape index (κ3) is 3.45. The first-order valence-electron chi connectivity index (χ1n) is 6.89. The number of nitrogens with zero attached hydrogens (tertiary/aromatic N) is 2. The van der Waals surface area contributed by atoms with Gasteiger partial charge in [0.1, 0.15) is 0 Å². The van der Waals surface area contributed by atoms with Gasteiger partial charge >= 0.3 is 0 Å². The van der Waals surface area contributed by atoms with Crippen molar-refractivity contribution in [3.8, 4) is 0 Å². The number of piperidine rings is 1. The molecule has 0 atom stereocenters. The minimum Gasteiger partial charge on any atom is -0.354 e. The molecule has 19 heavy (non-hydrogen) atoms. The average molecular weight is 267 g/mol. The molecule has 106 valence electrons. The van der Waals surface area contributed by atoms with E-state index >= 15 is 0 Å². The second kappa shape index (κ2) is 6.04. The fourth-order valence-electron chi connectivity index (χ4n) is 2.69. The van der Waals surface area contributed by atoms with Gasteiger partial charge in [-0.15, -0.1) is 0 Å². The van der Waals surface area contributed by atoms with Crippen molar-refractivity contribution in [1.82, 2.24) is 15.1 Å². The first kappa shape index (κ1) is 13.8. The minimum absolute atomic E-state index is 0.00352. The highest BCUT2D eigenvalue weighted by Crippen LogP contribution is 2.20. The minimum atomic E-state index is 0.00352. The first-order valence-corrected chi connectivity index (χ1v) is 6.89. The highest BCUT2D eigenvalue weighted by Gasteiger charge is 2.30. The molecule has 0 saturated carbocycles. The van der Waals surface area contributed by atoms with Gasteiger partial charge in [0, 0.05) is 52.0 Å². The smallest absolute Gasteiger partial charge is 0.225 e. The van der Waals surface area contributed by atoms with Crippen molar-refractivity contribution in [3.05, 3.63) is 0 Å². The summed E-state index contributed by atoms with van der Waals surface area (Å²) in [6, 6.07) is 0. The van der Waals surface area contributed by atoms with Gasteiger partial charge in [-0.2, -0.15) is 0 Å². The van der Waals surface area contributed by atoms with Gasteiger partial charge in [0.05, 0.1) is 0 Å². The Balaban J connectivity index is 1.86. The summed E-state index contributed by atoms with van der Waals surface area (Å²) >= 11 is 0. The van der Waals surface area contributed by atoms with Gasteiger partial charge < -0.3 is 15.1 Å². The third-order valence-corrected chi connectivity index (χ3v) is 3.91. The fraction of sp³-hybridized carbons (Fsp3) is 0.769. The highest BCUT2D eigenvalue weighted by molar-refractivity contribution is 5.82. The molecular formula is C13H21N3O3. The van der Waals surface area contributed by atoms with Gasteiger partial charge in [0.2, 0.25) is 17.7 Å². The highest BCUT2D eigenvalue weighted by atomic mass is 16.2. The van der Waals surface area contributed by atoms with Crippen LogP contribution in [-0.4, -0.2) is 60.2 Å². The molecular weight excluding hydrogens is 246 g/mol. The lowest BCUT2D eigenvalue weighted by Crippen LogP contribution is -2.44. The van der Waals surface area contributed by atoms with Crippen LogP contribution in [0.1, 0.15) is 26.2 Å². The largest absolute Gasteiger partial charge is 0.354 e. The van der Waals surface area contributed by atoms with E-state index in [1.807, 2.05) is 0 Å². The number of nitrogens with one attached hydrogen (secondary N) is 1. The van der Waals surface area contributed by atoms with Crippen molar-refractivity contribution in [2.45, 2.75) is 26.2 Å². The molecule has 6 heteroatoms. The Morgan fingerprint density at radius 3 is 2.42 bits per heavy atom. The van der Waals surface area contributed by atoms with Gasteiger partial charge in [-0.05, 0) is 12.8 Å². The van der Waals surface area contributed by atoms with Crippen molar-refractivity contribution >= 4 is 17.7 Å². The molecule has 2 fully saturated rings. The molecule has 3 amide bonds. The maximum absolute atomic E-state index is 12.4. The monoisotopic (exact) mass is 267 g/mol. The number of carbonyl (C=O) groups is 3. The zero-order valence-corrected chi connectivity index (χ0v) is 11.4. The van der Waals surface area contributed by atoms with E-state index in [9.17, 15) is 14.4 Å². The molecule has 0 aliphatic carbocycles. The Hall–Kier alpha value is -1.59. The summed E-state index contributed by atoms with van der Waals surface area (Å²) in [7, 11) is 0. The average Bonchev–Trinajstić information content (AvgIpc) is 2.63. The van der Waals surface area contributed by atoms with E-state index in [1.54, 1.807) is 16.7 Å². The molecule has 2 aliphatic rings. The van der Waals surface area contributed by atoms with Crippen molar-refractivity contribution in [3.63, 3.8) is 0 Å². The molecule has 0 bridgehead atoms. The van der Waals surface area contributed by atoms with Crippen LogP contribution in [0.3, 0.4) is 0 Å². The van der Waals surface area contributed by atoms with E-state index in [0.29, 0.717) is 39.1 Å². The molecule has 0 spiro atoms. The Morgan fingerprint density at radius 1 is 1.11 bits per heavy atom. The van der Waals surface area contributed by atoms with Crippen LogP contribution < -0.4 is 5.32 Å². The van der Waals surface area contributed by atoms with Gasteiger partial charge in [-0.25, -0.2) is 0 Å². The maximum atomic E-state index is 12.4. The maximum Gasteiger partial charge on any atom is 0.225 e. The topological polar surface area (TPSA) is 69.7 Å². The SMILES string of the molecule is CC(=O)N1CCC(C(=O)N2CCNC(=O)CC2)CC1. The zero-order valence-electron chi connectivity index (χ0n) is 11.4. The lowest BCUT2D eigenvalue weighted by Gasteiger charge is -2.33. The van der Waals surface area contributed by atoms with E-state index in [0.717, 1.165) is 12.8 Å². The van der Waals surface area contributed by atoms with Crippen LogP contribution in [0.15, 0.2) is 0 Å². The van der Waals surface area contributed by atoms with Crippen LogP contribution in [0.4, 0.5) is 0 Å². The van der Waals surface area contributed by atoms with Crippen molar-refractivity contribution < 1.29 is 14.4 Å². The number of likely N-dealkylation sites (tertiary alicyclic amines) is 1. The van der Waals surface area contributed by atoms with Crippen LogP contribution in [0.5, 0.6) is 0 Å². The summed E-state index contributed by atoms with van der Waals surface area (Å²) < 4.78 is 0. The number of hydrogen-bond donors (Lipinski definition) is 1. The van der Waals surface area contributed by atoms with Gasteiger partial charge in [-0.3, -0.25) is 14.4 Å². The molecule has 0 aromatic carbocycles. The second-order valence-corrected chi connectivity index (χ2v) is 5.21. The lowest BCUT2D eigenvalue weighted by atomic mass is 9.95. The predicted octanol–water partition coefficient (Wildman–Crippen LogP) is -0.407. The molecule has 2 heterocycles. The van der Waals surface area contributed by atoms with E-state index in [-0.39, 0.29) is 23.6 Å². The van der Waals surface area contributed by atoms with Crippen LogP contribution >= 0.6 is 0 Å². The number of rotatable bonds is 1. The summed E-state index contributed by atoms with van der Waals surface area (Å²) in [5.41, 5.74) is 0. The Kier molecular flexibility index (Phi) is 4.39. The predicted molar refractivity (Wildman–Crippen MR) is 69.2 cm³/mol. The Labute approximate surface area is 113 Å². The molecule has 2 saturated heterocycles. The van der Waals surface area contributed by atoms with Crippen molar-refractivity contribution in [2.24, 2.45) is 5.92 Å². The Bertz CT molecular complexity index is 375. The summed E-state index contributed by atoms with van der Waals surface area (Å²) in [5, 5.41) is 2.77. The molecule has 0 aromatic rings. The second-order valence-electron chi connectivity index (χ2n) is 5.21. The van der Waals surface area contributed by atoms with E-state index in [2.05, 4.69) is 5.32 Å². The quantitative estimate of drug-likeness (QED) is 0.702. The summed E-state index contributed by atoms with van der Waals surface area (Å²) in [4.78, 5) is 38.4. The molecule has 6 nitrogen and oxygen atoms in total. The van der Waals surface area contributed by atoms with Crippen molar-refractivity contribution in [2.75, 3.05) is 32.7 Å². The molecule has 2 rings (SSSR count). The Morgan fingerprint density at radius 2 is 1.79 bits per heavy atom.